The maximum absolute atomic E-state index is 13.0. The molecule has 1 aliphatic rings. The number of alkyl halides is 2. The third kappa shape index (κ3) is 5.82. The molecule has 0 spiro atoms. The van der Waals surface area contributed by atoms with Crippen molar-refractivity contribution < 1.29 is 33.0 Å². The first-order valence-electron chi connectivity index (χ1n) is 6.77. The second kappa shape index (κ2) is 6.45. The number of hydrogen-bond donors (Lipinski definition) is 2. The number of carboxylic acids is 1. The first kappa shape index (κ1) is 18.1. The lowest BCUT2D eigenvalue weighted by Gasteiger charge is -2.23. The van der Waals surface area contributed by atoms with E-state index in [1.54, 1.807) is 20.8 Å². The molecule has 1 rings (SSSR count). The number of halogens is 2. The largest absolute Gasteiger partial charge is 0.480 e. The zero-order valence-electron chi connectivity index (χ0n) is 12.7. The van der Waals surface area contributed by atoms with Crippen molar-refractivity contribution in [2.75, 3.05) is 13.1 Å². The van der Waals surface area contributed by atoms with Gasteiger partial charge in [-0.3, -0.25) is 4.79 Å². The zero-order valence-corrected chi connectivity index (χ0v) is 12.7. The number of carboxylic acid groups (broad SMARTS) is 1. The summed E-state index contributed by atoms with van der Waals surface area (Å²) >= 11 is 0. The Morgan fingerprint density at radius 2 is 1.95 bits per heavy atom. The molecule has 0 unspecified atom stereocenters. The van der Waals surface area contributed by atoms with Crippen LogP contribution in [0.15, 0.2) is 0 Å². The van der Waals surface area contributed by atoms with Crippen molar-refractivity contribution in [3.8, 4) is 0 Å². The standard InChI is InChI=1S/C13H20F2N2O5/c1-12(2,3)22-11(21)16-8(10(19)20)6-9(18)17-5-4-13(14,15)7-17/h8H,4-7H2,1-3H3,(H,16,21)(H,19,20)/t8-/m0/s1. The molecule has 0 radical (unpaired) electrons. The Bertz CT molecular complexity index is 462. The summed E-state index contributed by atoms with van der Waals surface area (Å²) in [5.74, 6) is -5.14. The number of nitrogens with zero attached hydrogens (tertiary/aromatic N) is 1. The lowest BCUT2D eigenvalue weighted by atomic mass is 10.2. The number of nitrogens with one attached hydrogen (secondary N) is 1. The average molecular weight is 322 g/mol. The van der Waals surface area contributed by atoms with E-state index in [-0.39, 0.29) is 6.54 Å². The molecule has 0 bridgehead atoms. The van der Waals surface area contributed by atoms with Gasteiger partial charge in [0.05, 0.1) is 13.0 Å². The minimum absolute atomic E-state index is 0.134. The van der Waals surface area contributed by atoms with E-state index in [2.05, 4.69) is 5.32 Å². The van der Waals surface area contributed by atoms with Gasteiger partial charge in [-0.15, -0.1) is 0 Å². The molecular weight excluding hydrogens is 302 g/mol. The number of carbonyl (C=O) groups excluding carboxylic acids is 2. The Morgan fingerprint density at radius 1 is 1.36 bits per heavy atom. The van der Waals surface area contributed by atoms with Crippen molar-refractivity contribution in [1.82, 2.24) is 10.2 Å². The van der Waals surface area contributed by atoms with Crippen molar-refractivity contribution in [3.63, 3.8) is 0 Å². The summed E-state index contributed by atoms with van der Waals surface area (Å²) < 4.78 is 31.0. The number of carbonyl (C=O) groups is 3. The molecule has 2 amide bonds. The summed E-state index contributed by atoms with van der Waals surface area (Å²) in [6, 6.07) is -1.53. The Kier molecular flexibility index (Phi) is 5.31. The average Bonchev–Trinajstić information content (AvgIpc) is 2.66. The van der Waals surface area contributed by atoms with Crippen LogP contribution in [0.25, 0.3) is 0 Å². The fourth-order valence-electron chi connectivity index (χ4n) is 1.90. The van der Waals surface area contributed by atoms with Crippen LogP contribution in [0, 0.1) is 0 Å². The number of amides is 2. The fourth-order valence-corrected chi connectivity index (χ4v) is 1.90. The van der Waals surface area contributed by atoms with Crippen LogP contribution in [0.4, 0.5) is 13.6 Å². The number of likely N-dealkylation sites (tertiary alicyclic amines) is 1. The molecule has 1 heterocycles. The minimum Gasteiger partial charge on any atom is -0.480 e. The summed E-state index contributed by atoms with van der Waals surface area (Å²) in [6.45, 7) is 3.93. The van der Waals surface area contributed by atoms with Gasteiger partial charge in [0, 0.05) is 13.0 Å². The number of aliphatic carboxylic acids is 1. The molecule has 0 saturated carbocycles. The molecule has 1 saturated heterocycles. The van der Waals surface area contributed by atoms with E-state index >= 15 is 0 Å². The van der Waals surface area contributed by atoms with E-state index in [1.165, 1.54) is 0 Å². The van der Waals surface area contributed by atoms with Crippen LogP contribution >= 0.6 is 0 Å². The maximum Gasteiger partial charge on any atom is 0.408 e. The van der Waals surface area contributed by atoms with E-state index in [4.69, 9.17) is 9.84 Å². The molecule has 22 heavy (non-hydrogen) atoms. The second-order valence-electron chi connectivity index (χ2n) is 6.16. The van der Waals surface area contributed by atoms with Crippen molar-refractivity contribution in [2.45, 2.75) is 51.2 Å². The van der Waals surface area contributed by atoms with Crippen LogP contribution in [-0.2, 0) is 14.3 Å². The van der Waals surface area contributed by atoms with E-state index in [9.17, 15) is 23.2 Å². The number of hydrogen-bond acceptors (Lipinski definition) is 4. The summed E-state index contributed by atoms with van der Waals surface area (Å²) in [4.78, 5) is 35.4. The van der Waals surface area contributed by atoms with Gasteiger partial charge in [-0.1, -0.05) is 0 Å². The molecule has 2 N–H and O–H groups in total. The highest BCUT2D eigenvalue weighted by molar-refractivity contribution is 5.87. The number of rotatable bonds is 4. The first-order valence-corrected chi connectivity index (χ1v) is 6.77. The molecule has 0 aromatic rings. The van der Waals surface area contributed by atoms with Crippen LogP contribution in [0.1, 0.15) is 33.6 Å². The lowest BCUT2D eigenvalue weighted by molar-refractivity contribution is -0.143. The third-order valence-electron chi connectivity index (χ3n) is 2.89. The highest BCUT2D eigenvalue weighted by atomic mass is 19.3. The topological polar surface area (TPSA) is 95.9 Å². The quantitative estimate of drug-likeness (QED) is 0.811. The maximum atomic E-state index is 13.0. The molecule has 0 aromatic carbocycles. The summed E-state index contributed by atoms with van der Waals surface area (Å²) in [7, 11) is 0. The summed E-state index contributed by atoms with van der Waals surface area (Å²) in [5, 5.41) is 11.1. The Morgan fingerprint density at radius 3 is 2.36 bits per heavy atom. The van der Waals surface area contributed by atoms with Gasteiger partial charge in [-0.05, 0) is 20.8 Å². The highest BCUT2D eigenvalue weighted by Crippen LogP contribution is 2.27. The Balaban J connectivity index is 2.60. The van der Waals surface area contributed by atoms with Crippen LogP contribution < -0.4 is 5.32 Å². The van der Waals surface area contributed by atoms with Crippen LogP contribution in [0.3, 0.4) is 0 Å². The molecule has 0 aliphatic carbocycles. The van der Waals surface area contributed by atoms with Crippen LogP contribution in [0.5, 0.6) is 0 Å². The molecule has 7 nitrogen and oxygen atoms in total. The molecule has 1 fully saturated rings. The summed E-state index contributed by atoms with van der Waals surface area (Å²) in [6.07, 6.45) is -2.04. The molecule has 1 atom stereocenters. The lowest BCUT2D eigenvalue weighted by Crippen LogP contribution is -2.46. The fraction of sp³-hybridized carbons (Fsp3) is 0.769. The van der Waals surface area contributed by atoms with E-state index in [1.807, 2.05) is 0 Å². The highest BCUT2D eigenvalue weighted by Gasteiger charge is 2.41. The zero-order chi connectivity index (χ0) is 17.1. The third-order valence-corrected chi connectivity index (χ3v) is 2.89. The minimum atomic E-state index is -2.95. The normalized spacial score (nSPS) is 18.7. The monoisotopic (exact) mass is 322 g/mol. The van der Waals surface area contributed by atoms with Gasteiger partial charge in [-0.2, -0.15) is 0 Å². The number of ether oxygens (including phenoxy) is 1. The molecule has 1 aliphatic heterocycles. The SMILES string of the molecule is CC(C)(C)OC(=O)N[C@@H](CC(=O)N1CCC(F)(F)C1)C(=O)O. The van der Waals surface area contributed by atoms with Gasteiger partial charge >= 0.3 is 12.1 Å². The molecule has 0 aromatic heterocycles. The van der Waals surface area contributed by atoms with Crippen LogP contribution in [-0.4, -0.2) is 58.6 Å². The number of alkyl carbamates (subject to hydrolysis) is 1. The van der Waals surface area contributed by atoms with Gasteiger partial charge in [0.2, 0.25) is 5.91 Å². The van der Waals surface area contributed by atoms with Gasteiger partial charge < -0.3 is 20.1 Å². The summed E-state index contributed by atoms with van der Waals surface area (Å²) in [5.41, 5.74) is -0.825. The first-order chi connectivity index (χ1) is 9.89. The van der Waals surface area contributed by atoms with E-state index in [0.717, 1.165) is 4.90 Å². The van der Waals surface area contributed by atoms with Crippen molar-refractivity contribution in [2.24, 2.45) is 0 Å². The van der Waals surface area contributed by atoms with Crippen LogP contribution in [0.2, 0.25) is 0 Å². The second-order valence-corrected chi connectivity index (χ2v) is 6.16. The van der Waals surface area contributed by atoms with Crippen molar-refractivity contribution in [1.29, 1.82) is 0 Å². The van der Waals surface area contributed by atoms with Gasteiger partial charge in [0.1, 0.15) is 11.6 Å². The Labute approximate surface area is 126 Å². The van der Waals surface area contributed by atoms with Crippen molar-refractivity contribution >= 4 is 18.0 Å². The molecule has 9 heteroatoms. The smallest absolute Gasteiger partial charge is 0.408 e. The van der Waals surface area contributed by atoms with Crippen molar-refractivity contribution in [3.05, 3.63) is 0 Å². The van der Waals surface area contributed by atoms with Gasteiger partial charge in [0.15, 0.2) is 0 Å². The predicted molar refractivity (Wildman–Crippen MR) is 71.6 cm³/mol. The van der Waals surface area contributed by atoms with E-state index in [0.29, 0.717) is 0 Å². The molecular formula is C13H20F2N2O5. The van der Waals surface area contributed by atoms with E-state index < -0.39 is 54.9 Å². The van der Waals surface area contributed by atoms with Gasteiger partial charge in [-0.25, -0.2) is 18.4 Å². The Hall–Kier alpha value is -1.93. The predicted octanol–water partition coefficient (Wildman–Crippen LogP) is 1.22. The van der Waals surface area contributed by atoms with Gasteiger partial charge in [0.25, 0.3) is 5.92 Å². The molecule has 126 valence electrons.